The maximum Gasteiger partial charge on any atom is 0.307 e. The summed E-state index contributed by atoms with van der Waals surface area (Å²) in [5.74, 6) is -1.07. The number of hydrogen-bond donors (Lipinski definition) is 1. The Bertz CT molecular complexity index is 965. The lowest BCUT2D eigenvalue weighted by molar-refractivity contribution is -0.136. The predicted octanol–water partition coefficient (Wildman–Crippen LogP) is 4.56. The van der Waals surface area contributed by atoms with Gasteiger partial charge >= 0.3 is 5.97 Å². The minimum Gasteiger partial charge on any atom is -0.481 e. The molecule has 4 heteroatoms. The van der Waals surface area contributed by atoms with Crippen LogP contribution < -0.4 is 4.90 Å². The highest BCUT2D eigenvalue weighted by molar-refractivity contribution is 6.03. The van der Waals surface area contributed by atoms with E-state index in [9.17, 15) is 9.59 Å². The van der Waals surface area contributed by atoms with Crippen LogP contribution in [0.2, 0.25) is 0 Å². The molecule has 28 heavy (non-hydrogen) atoms. The number of amides is 1. The molecule has 3 rings (SSSR count). The van der Waals surface area contributed by atoms with Crippen LogP contribution in [0.5, 0.6) is 0 Å². The summed E-state index contributed by atoms with van der Waals surface area (Å²) in [6.45, 7) is 0.398. The average Bonchev–Trinajstić information content (AvgIpc) is 2.71. The molecule has 4 nitrogen and oxygen atoms in total. The predicted molar refractivity (Wildman–Crippen MR) is 111 cm³/mol. The van der Waals surface area contributed by atoms with Crippen molar-refractivity contribution < 1.29 is 14.7 Å². The van der Waals surface area contributed by atoms with Crippen LogP contribution >= 0.6 is 0 Å². The fourth-order valence-corrected chi connectivity index (χ4v) is 2.89. The van der Waals surface area contributed by atoms with E-state index < -0.39 is 5.97 Å². The summed E-state index contributed by atoms with van der Waals surface area (Å²) < 4.78 is 0. The van der Waals surface area contributed by atoms with Gasteiger partial charge in [0.1, 0.15) is 0 Å². The molecule has 3 aromatic rings. The molecule has 0 unspecified atom stereocenters. The highest BCUT2D eigenvalue weighted by Gasteiger charge is 2.15. The number of aliphatic carboxylic acids is 1. The van der Waals surface area contributed by atoms with E-state index in [1.807, 2.05) is 66.7 Å². The van der Waals surface area contributed by atoms with Crippen molar-refractivity contribution in [1.29, 1.82) is 0 Å². The zero-order valence-corrected chi connectivity index (χ0v) is 15.4. The number of nitrogens with zero attached hydrogens (tertiary/aromatic N) is 1. The molecule has 0 aromatic heterocycles. The first-order valence-electron chi connectivity index (χ1n) is 9.01. The highest BCUT2D eigenvalue weighted by atomic mass is 16.4. The Morgan fingerprint density at radius 2 is 1.46 bits per heavy atom. The van der Waals surface area contributed by atoms with Gasteiger partial charge in [0.2, 0.25) is 0 Å². The van der Waals surface area contributed by atoms with Crippen molar-refractivity contribution in [2.24, 2.45) is 0 Å². The first-order valence-corrected chi connectivity index (χ1v) is 9.01. The van der Waals surface area contributed by atoms with Gasteiger partial charge < -0.3 is 10.0 Å². The van der Waals surface area contributed by atoms with Crippen LogP contribution in [0.1, 0.15) is 16.7 Å². The molecular weight excluding hydrogens is 350 g/mol. The van der Waals surface area contributed by atoms with Crippen LogP contribution in [0.3, 0.4) is 0 Å². The largest absolute Gasteiger partial charge is 0.481 e. The van der Waals surface area contributed by atoms with E-state index in [0.717, 1.165) is 11.1 Å². The third-order valence-corrected chi connectivity index (χ3v) is 4.25. The van der Waals surface area contributed by atoms with E-state index >= 15 is 0 Å². The van der Waals surface area contributed by atoms with Crippen molar-refractivity contribution in [2.75, 3.05) is 4.90 Å². The standard InChI is InChI=1S/C24H21NO3/c26-23(15-14-19-8-3-1-4-9-19)25(18-20-10-5-2-6-11-20)22-13-7-12-21(16-22)17-24(27)28/h1-16H,17-18H2,(H,27,28)/b15-14+. The lowest BCUT2D eigenvalue weighted by Gasteiger charge is -2.22. The number of carboxylic acid groups (broad SMARTS) is 1. The second kappa shape index (κ2) is 9.33. The Balaban J connectivity index is 1.89. The van der Waals surface area contributed by atoms with Gasteiger partial charge in [-0.3, -0.25) is 9.59 Å². The van der Waals surface area contributed by atoms with Gasteiger partial charge in [0, 0.05) is 11.8 Å². The first kappa shape index (κ1) is 19.1. The summed E-state index contributed by atoms with van der Waals surface area (Å²) in [4.78, 5) is 25.7. The van der Waals surface area contributed by atoms with Crippen molar-refractivity contribution in [3.05, 3.63) is 108 Å². The molecule has 0 saturated carbocycles. The zero-order valence-electron chi connectivity index (χ0n) is 15.4. The average molecular weight is 371 g/mol. The smallest absolute Gasteiger partial charge is 0.307 e. The summed E-state index contributed by atoms with van der Waals surface area (Å²) in [6.07, 6.45) is 3.24. The normalized spacial score (nSPS) is 10.7. The summed E-state index contributed by atoms with van der Waals surface area (Å²) in [5, 5.41) is 9.06. The molecule has 0 bridgehead atoms. The lowest BCUT2D eigenvalue weighted by atomic mass is 10.1. The van der Waals surface area contributed by atoms with Gasteiger partial charge in [-0.25, -0.2) is 0 Å². The molecular formula is C24H21NO3. The molecule has 0 aliphatic rings. The fraction of sp³-hybridized carbons (Fsp3) is 0.0833. The molecule has 3 aromatic carbocycles. The van der Waals surface area contributed by atoms with Crippen LogP contribution in [0.25, 0.3) is 6.08 Å². The van der Waals surface area contributed by atoms with E-state index in [1.54, 1.807) is 35.3 Å². The summed E-state index contributed by atoms with van der Waals surface area (Å²) in [6, 6.07) is 26.4. The van der Waals surface area contributed by atoms with Crippen LogP contribution in [-0.2, 0) is 22.6 Å². The highest BCUT2D eigenvalue weighted by Crippen LogP contribution is 2.20. The second-order valence-corrected chi connectivity index (χ2v) is 6.39. The number of carboxylic acids is 1. The second-order valence-electron chi connectivity index (χ2n) is 6.39. The molecule has 0 radical (unpaired) electrons. The van der Waals surface area contributed by atoms with Crippen molar-refractivity contribution >= 4 is 23.6 Å². The van der Waals surface area contributed by atoms with Crippen LogP contribution in [0, 0.1) is 0 Å². The van der Waals surface area contributed by atoms with Gasteiger partial charge in [0.15, 0.2) is 0 Å². The topological polar surface area (TPSA) is 57.6 Å². The maximum atomic E-state index is 13.0. The fourth-order valence-electron chi connectivity index (χ4n) is 2.89. The van der Waals surface area contributed by atoms with Crippen LogP contribution in [-0.4, -0.2) is 17.0 Å². The molecule has 1 amide bonds. The molecule has 0 atom stereocenters. The molecule has 140 valence electrons. The summed E-state index contributed by atoms with van der Waals surface area (Å²) >= 11 is 0. The van der Waals surface area contributed by atoms with E-state index in [4.69, 9.17) is 5.11 Å². The Morgan fingerprint density at radius 1 is 0.821 bits per heavy atom. The molecule has 0 spiro atoms. The van der Waals surface area contributed by atoms with Crippen molar-refractivity contribution in [1.82, 2.24) is 0 Å². The molecule has 0 fully saturated rings. The molecule has 0 aliphatic heterocycles. The van der Waals surface area contributed by atoms with Crippen molar-refractivity contribution in [3.63, 3.8) is 0 Å². The number of carbonyl (C=O) groups is 2. The number of anilines is 1. The quantitative estimate of drug-likeness (QED) is 0.620. The summed E-state index contributed by atoms with van der Waals surface area (Å²) in [7, 11) is 0. The van der Waals surface area contributed by atoms with Gasteiger partial charge in [-0.1, -0.05) is 72.8 Å². The minimum absolute atomic E-state index is 0.0823. The monoisotopic (exact) mass is 371 g/mol. The van der Waals surface area contributed by atoms with Gasteiger partial charge in [-0.2, -0.15) is 0 Å². The van der Waals surface area contributed by atoms with Crippen LogP contribution in [0.4, 0.5) is 5.69 Å². The Labute approximate surface area is 164 Å². The van der Waals surface area contributed by atoms with Crippen LogP contribution in [0.15, 0.2) is 91.0 Å². The summed E-state index contributed by atoms with van der Waals surface area (Å²) in [5.41, 5.74) is 3.26. The number of benzene rings is 3. The van der Waals surface area contributed by atoms with Gasteiger partial charge in [-0.15, -0.1) is 0 Å². The van der Waals surface area contributed by atoms with Gasteiger partial charge in [0.05, 0.1) is 13.0 Å². The Kier molecular flexibility index (Phi) is 6.37. The van der Waals surface area contributed by atoms with E-state index in [0.29, 0.717) is 17.8 Å². The zero-order chi connectivity index (χ0) is 19.8. The molecule has 0 heterocycles. The lowest BCUT2D eigenvalue weighted by Crippen LogP contribution is -2.28. The Hall–Kier alpha value is -3.66. The SMILES string of the molecule is O=C(O)Cc1cccc(N(Cc2ccccc2)C(=O)/C=C/c2ccccc2)c1. The number of hydrogen-bond acceptors (Lipinski definition) is 2. The molecule has 1 N–H and O–H groups in total. The minimum atomic E-state index is -0.901. The van der Waals surface area contributed by atoms with E-state index in [2.05, 4.69) is 0 Å². The molecule has 0 saturated heterocycles. The Morgan fingerprint density at radius 3 is 2.14 bits per heavy atom. The first-order chi connectivity index (χ1) is 13.6. The number of carbonyl (C=O) groups excluding carboxylic acids is 1. The van der Waals surface area contributed by atoms with Crippen molar-refractivity contribution in [3.8, 4) is 0 Å². The number of rotatable bonds is 7. The maximum absolute atomic E-state index is 13.0. The van der Waals surface area contributed by atoms with Gasteiger partial charge in [0.25, 0.3) is 5.91 Å². The van der Waals surface area contributed by atoms with Gasteiger partial charge in [-0.05, 0) is 34.9 Å². The van der Waals surface area contributed by atoms with E-state index in [1.165, 1.54) is 0 Å². The van der Waals surface area contributed by atoms with E-state index in [-0.39, 0.29) is 12.3 Å². The van der Waals surface area contributed by atoms with Crippen molar-refractivity contribution in [2.45, 2.75) is 13.0 Å². The third kappa shape index (κ3) is 5.42. The molecule has 0 aliphatic carbocycles. The third-order valence-electron chi connectivity index (χ3n) is 4.25.